The van der Waals surface area contributed by atoms with Crippen LogP contribution >= 0.6 is 0 Å². The van der Waals surface area contributed by atoms with Gasteiger partial charge >= 0.3 is 0 Å². The summed E-state index contributed by atoms with van der Waals surface area (Å²) < 4.78 is 0. The predicted molar refractivity (Wildman–Crippen MR) is 87.5 cm³/mol. The normalized spacial score (nSPS) is 11.0. The van der Waals surface area contributed by atoms with E-state index in [4.69, 9.17) is 0 Å². The summed E-state index contributed by atoms with van der Waals surface area (Å²) in [4.78, 5) is 26.7. The number of Topliss-reactive ketones (excluding diaryl/α,β-unsaturated/α-hetero) is 1. The van der Waals surface area contributed by atoms with Gasteiger partial charge in [-0.2, -0.15) is 0 Å². The van der Waals surface area contributed by atoms with Gasteiger partial charge in [-0.05, 0) is 26.3 Å². The Balaban J connectivity index is 2.26. The summed E-state index contributed by atoms with van der Waals surface area (Å²) in [6.45, 7) is 6.23. The van der Waals surface area contributed by atoms with Gasteiger partial charge in [-0.25, -0.2) is 0 Å². The highest BCUT2D eigenvalue weighted by atomic mass is 16.2. The minimum Gasteiger partial charge on any atom is -0.327 e. The molecule has 2 aromatic rings. The molecule has 0 atom stereocenters. The molecule has 22 heavy (non-hydrogen) atoms. The van der Waals surface area contributed by atoms with Gasteiger partial charge < -0.3 is 4.90 Å². The number of amides is 1. The topological polar surface area (TPSA) is 37.4 Å². The zero-order valence-electron chi connectivity index (χ0n) is 13.2. The van der Waals surface area contributed by atoms with Gasteiger partial charge in [0.2, 0.25) is 5.78 Å². The monoisotopic (exact) mass is 295 g/mol. The van der Waals surface area contributed by atoms with Gasteiger partial charge in [0.25, 0.3) is 5.91 Å². The van der Waals surface area contributed by atoms with E-state index in [1.807, 2.05) is 57.2 Å². The van der Waals surface area contributed by atoms with Crippen molar-refractivity contribution in [1.82, 2.24) is 4.90 Å². The molecule has 0 spiro atoms. The number of ketones is 1. The van der Waals surface area contributed by atoms with Crippen LogP contribution in [0.25, 0.3) is 0 Å². The molecule has 0 aliphatic heterocycles. The van der Waals surface area contributed by atoms with Crippen molar-refractivity contribution >= 4 is 11.7 Å². The van der Waals surface area contributed by atoms with Crippen LogP contribution in [-0.2, 0) is 11.3 Å². The maximum atomic E-state index is 12.7. The van der Waals surface area contributed by atoms with Crippen molar-refractivity contribution in [1.29, 1.82) is 0 Å². The van der Waals surface area contributed by atoms with Crippen LogP contribution in [0.15, 0.2) is 60.7 Å². The average molecular weight is 295 g/mol. The molecule has 114 valence electrons. The molecule has 0 saturated heterocycles. The van der Waals surface area contributed by atoms with Crippen LogP contribution in [0.5, 0.6) is 0 Å². The van der Waals surface area contributed by atoms with Gasteiger partial charge in [-0.15, -0.1) is 0 Å². The van der Waals surface area contributed by atoms with Crippen LogP contribution in [0.1, 0.15) is 36.7 Å². The maximum absolute atomic E-state index is 12.7. The van der Waals surface area contributed by atoms with E-state index < -0.39 is 17.2 Å². The van der Waals surface area contributed by atoms with Crippen LogP contribution in [0.4, 0.5) is 0 Å². The molecule has 0 saturated carbocycles. The SMILES string of the molecule is CC(C)(C)N(Cc1ccccc1)C(=O)C(=O)c1ccccc1. The fourth-order valence-corrected chi connectivity index (χ4v) is 2.22. The van der Waals surface area contributed by atoms with Gasteiger partial charge in [0.1, 0.15) is 0 Å². The molecule has 0 unspecified atom stereocenters. The van der Waals surface area contributed by atoms with E-state index in [-0.39, 0.29) is 0 Å². The molecular weight excluding hydrogens is 274 g/mol. The molecule has 0 radical (unpaired) electrons. The first-order valence-electron chi connectivity index (χ1n) is 7.35. The van der Waals surface area contributed by atoms with Crippen molar-refractivity contribution in [3.8, 4) is 0 Å². The summed E-state index contributed by atoms with van der Waals surface area (Å²) in [6, 6.07) is 18.4. The molecule has 0 aromatic heterocycles. The van der Waals surface area contributed by atoms with E-state index in [1.165, 1.54) is 0 Å². The second kappa shape index (κ2) is 6.56. The number of carbonyl (C=O) groups is 2. The number of carbonyl (C=O) groups excluding carboxylic acids is 2. The smallest absolute Gasteiger partial charge is 0.295 e. The molecule has 0 N–H and O–H groups in total. The molecule has 0 bridgehead atoms. The van der Waals surface area contributed by atoms with Crippen LogP contribution in [0.2, 0.25) is 0 Å². The van der Waals surface area contributed by atoms with Crippen LogP contribution in [-0.4, -0.2) is 22.1 Å². The summed E-state index contributed by atoms with van der Waals surface area (Å²) in [5.74, 6) is -0.936. The highest BCUT2D eigenvalue weighted by molar-refractivity contribution is 6.42. The van der Waals surface area contributed by atoms with Crippen molar-refractivity contribution < 1.29 is 9.59 Å². The summed E-state index contributed by atoms with van der Waals surface area (Å²) >= 11 is 0. The Kier molecular flexibility index (Phi) is 4.76. The molecule has 0 aliphatic carbocycles. The molecule has 2 aromatic carbocycles. The van der Waals surface area contributed by atoms with Crippen molar-refractivity contribution in [3.05, 3.63) is 71.8 Å². The second-order valence-electron chi connectivity index (χ2n) is 6.24. The lowest BCUT2D eigenvalue weighted by Crippen LogP contribution is -2.48. The van der Waals surface area contributed by atoms with E-state index in [2.05, 4.69) is 0 Å². The lowest BCUT2D eigenvalue weighted by Gasteiger charge is -2.35. The minimum absolute atomic E-state index is 0.418. The molecular formula is C19H21NO2. The molecule has 0 heterocycles. The lowest BCUT2D eigenvalue weighted by atomic mass is 10.0. The molecule has 1 amide bonds. The Labute approximate surface area is 131 Å². The third-order valence-corrected chi connectivity index (χ3v) is 3.47. The third-order valence-electron chi connectivity index (χ3n) is 3.47. The van der Waals surface area contributed by atoms with Crippen molar-refractivity contribution in [3.63, 3.8) is 0 Å². The van der Waals surface area contributed by atoms with E-state index in [1.54, 1.807) is 29.2 Å². The Bertz CT molecular complexity index is 642. The van der Waals surface area contributed by atoms with Crippen molar-refractivity contribution in [2.24, 2.45) is 0 Å². The van der Waals surface area contributed by atoms with Crippen molar-refractivity contribution in [2.75, 3.05) is 0 Å². The van der Waals surface area contributed by atoms with E-state index >= 15 is 0 Å². The zero-order valence-corrected chi connectivity index (χ0v) is 13.2. The summed E-state index contributed by atoms with van der Waals surface area (Å²) in [6.07, 6.45) is 0. The Morgan fingerprint density at radius 2 is 1.36 bits per heavy atom. The Morgan fingerprint density at radius 3 is 1.86 bits per heavy atom. The number of nitrogens with zero attached hydrogens (tertiary/aromatic N) is 1. The first kappa shape index (κ1) is 16.0. The standard InChI is InChI=1S/C19H21NO2/c1-19(2,3)20(14-15-10-6-4-7-11-15)18(22)17(21)16-12-8-5-9-13-16/h4-13H,14H2,1-3H3. The largest absolute Gasteiger partial charge is 0.327 e. The third kappa shape index (κ3) is 3.82. The molecule has 3 nitrogen and oxygen atoms in total. The number of rotatable bonds is 4. The van der Waals surface area contributed by atoms with E-state index in [9.17, 15) is 9.59 Å². The molecule has 0 aliphatic rings. The van der Waals surface area contributed by atoms with Crippen LogP contribution < -0.4 is 0 Å². The number of benzene rings is 2. The molecule has 3 heteroatoms. The minimum atomic E-state index is -0.470. The Morgan fingerprint density at radius 1 is 0.864 bits per heavy atom. The van der Waals surface area contributed by atoms with Gasteiger partial charge in [-0.3, -0.25) is 9.59 Å². The quantitative estimate of drug-likeness (QED) is 0.637. The Hall–Kier alpha value is -2.42. The fraction of sp³-hybridized carbons (Fsp3) is 0.263. The first-order valence-corrected chi connectivity index (χ1v) is 7.35. The van der Waals surface area contributed by atoms with Gasteiger partial charge in [-0.1, -0.05) is 60.7 Å². The average Bonchev–Trinajstić information content (AvgIpc) is 2.52. The van der Waals surface area contributed by atoms with Crippen LogP contribution in [0, 0.1) is 0 Å². The molecule has 0 fully saturated rings. The highest BCUT2D eigenvalue weighted by Gasteiger charge is 2.31. The lowest BCUT2D eigenvalue weighted by molar-refractivity contribution is -0.131. The zero-order chi connectivity index (χ0) is 16.2. The number of hydrogen-bond donors (Lipinski definition) is 0. The fourth-order valence-electron chi connectivity index (χ4n) is 2.22. The van der Waals surface area contributed by atoms with Gasteiger partial charge in [0.05, 0.1) is 0 Å². The van der Waals surface area contributed by atoms with E-state index in [0.717, 1.165) is 5.56 Å². The highest BCUT2D eigenvalue weighted by Crippen LogP contribution is 2.19. The van der Waals surface area contributed by atoms with Crippen LogP contribution in [0.3, 0.4) is 0 Å². The predicted octanol–water partition coefficient (Wildman–Crippen LogP) is 3.70. The maximum Gasteiger partial charge on any atom is 0.295 e. The van der Waals surface area contributed by atoms with Crippen molar-refractivity contribution in [2.45, 2.75) is 32.9 Å². The van der Waals surface area contributed by atoms with Gasteiger partial charge in [0.15, 0.2) is 0 Å². The van der Waals surface area contributed by atoms with Gasteiger partial charge in [0, 0.05) is 17.6 Å². The summed E-state index contributed by atoms with van der Waals surface area (Å²) in [5.41, 5.74) is 0.999. The molecule has 2 rings (SSSR count). The summed E-state index contributed by atoms with van der Waals surface area (Å²) in [5, 5.41) is 0. The second-order valence-corrected chi connectivity index (χ2v) is 6.24. The number of hydrogen-bond acceptors (Lipinski definition) is 2. The van der Waals surface area contributed by atoms with E-state index in [0.29, 0.717) is 12.1 Å². The first-order chi connectivity index (χ1) is 10.4. The summed E-state index contributed by atoms with van der Waals surface area (Å²) in [7, 11) is 0.